The lowest BCUT2D eigenvalue weighted by Crippen LogP contribution is -2.31. The van der Waals surface area contributed by atoms with Gasteiger partial charge < -0.3 is 5.73 Å². The normalized spacial score (nSPS) is 28.1. The summed E-state index contributed by atoms with van der Waals surface area (Å²) in [5.74, 6) is 1.84. The highest BCUT2D eigenvalue weighted by Crippen LogP contribution is 2.33. The first kappa shape index (κ1) is 10.5. The molecule has 1 unspecified atom stereocenters. The molecule has 0 aromatic rings. The Bertz CT molecular complexity index is 155. The van der Waals surface area contributed by atoms with Crippen LogP contribution in [0.15, 0.2) is 0 Å². The molecule has 2 fully saturated rings. The van der Waals surface area contributed by atoms with Crippen LogP contribution in [-0.2, 0) is 0 Å². The van der Waals surface area contributed by atoms with E-state index < -0.39 is 0 Å². The molecule has 82 valence electrons. The highest BCUT2D eigenvalue weighted by Gasteiger charge is 2.25. The minimum absolute atomic E-state index is 0.528. The van der Waals surface area contributed by atoms with Gasteiger partial charge in [0.05, 0.1) is 0 Å². The van der Waals surface area contributed by atoms with Gasteiger partial charge in [0, 0.05) is 6.04 Å². The van der Waals surface area contributed by atoms with E-state index in [2.05, 4.69) is 0 Å². The van der Waals surface area contributed by atoms with E-state index in [-0.39, 0.29) is 0 Å². The molecule has 2 aliphatic carbocycles. The molecule has 2 rings (SSSR count). The fourth-order valence-corrected chi connectivity index (χ4v) is 3.39. The first-order chi connectivity index (χ1) is 6.86. The van der Waals surface area contributed by atoms with Crippen molar-refractivity contribution < 1.29 is 0 Å². The first-order valence-electron chi connectivity index (χ1n) is 6.62. The van der Waals surface area contributed by atoms with Gasteiger partial charge in [-0.1, -0.05) is 44.9 Å². The fraction of sp³-hybridized carbons (Fsp3) is 1.00. The second kappa shape index (κ2) is 5.16. The molecule has 0 spiro atoms. The van der Waals surface area contributed by atoms with Crippen molar-refractivity contribution in [3.8, 4) is 0 Å². The van der Waals surface area contributed by atoms with Gasteiger partial charge in [-0.2, -0.15) is 0 Å². The lowest BCUT2D eigenvalue weighted by Gasteiger charge is -2.27. The molecule has 2 aliphatic rings. The van der Waals surface area contributed by atoms with E-state index in [0.717, 1.165) is 11.8 Å². The summed E-state index contributed by atoms with van der Waals surface area (Å²) in [6.07, 6.45) is 14.3. The molecule has 14 heavy (non-hydrogen) atoms. The third-order valence-electron chi connectivity index (χ3n) is 4.34. The number of rotatable bonds is 3. The maximum absolute atomic E-state index is 6.31. The zero-order chi connectivity index (χ0) is 9.80. The topological polar surface area (TPSA) is 26.0 Å². The van der Waals surface area contributed by atoms with Gasteiger partial charge in [0.25, 0.3) is 0 Å². The van der Waals surface area contributed by atoms with E-state index in [1.807, 2.05) is 0 Å². The van der Waals surface area contributed by atoms with Crippen molar-refractivity contribution >= 4 is 0 Å². The maximum atomic E-state index is 6.31. The molecule has 0 radical (unpaired) electrons. The third kappa shape index (κ3) is 2.73. The lowest BCUT2D eigenvalue weighted by molar-refractivity contribution is 0.281. The van der Waals surface area contributed by atoms with Crippen molar-refractivity contribution in [1.29, 1.82) is 0 Å². The molecular formula is C13H25N. The van der Waals surface area contributed by atoms with Crippen LogP contribution in [-0.4, -0.2) is 6.04 Å². The van der Waals surface area contributed by atoms with Gasteiger partial charge in [-0.25, -0.2) is 0 Å². The van der Waals surface area contributed by atoms with Crippen LogP contribution in [0, 0.1) is 11.8 Å². The second-order valence-electron chi connectivity index (χ2n) is 5.45. The van der Waals surface area contributed by atoms with Crippen LogP contribution in [0.2, 0.25) is 0 Å². The van der Waals surface area contributed by atoms with Crippen LogP contribution < -0.4 is 5.73 Å². The molecule has 1 heteroatoms. The SMILES string of the molecule is NC(CC1CCCCC1)C1CCCC1. The minimum atomic E-state index is 0.528. The average molecular weight is 195 g/mol. The van der Waals surface area contributed by atoms with E-state index in [0.29, 0.717) is 6.04 Å². The zero-order valence-corrected chi connectivity index (χ0v) is 9.38. The number of hydrogen-bond acceptors (Lipinski definition) is 1. The van der Waals surface area contributed by atoms with Crippen molar-refractivity contribution in [2.24, 2.45) is 17.6 Å². The second-order valence-corrected chi connectivity index (χ2v) is 5.45. The molecule has 1 nitrogen and oxygen atoms in total. The molecule has 0 aromatic heterocycles. The van der Waals surface area contributed by atoms with Gasteiger partial charge in [0.15, 0.2) is 0 Å². The van der Waals surface area contributed by atoms with Gasteiger partial charge in [-0.3, -0.25) is 0 Å². The van der Waals surface area contributed by atoms with Crippen LogP contribution >= 0.6 is 0 Å². The molecular weight excluding hydrogens is 170 g/mol. The number of hydrogen-bond donors (Lipinski definition) is 1. The molecule has 2 saturated carbocycles. The van der Waals surface area contributed by atoms with Crippen molar-refractivity contribution in [2.45, 2.75) is 70.3 Å². The molecule has 0 aliphatic heterocycles. The largest absolute Gasteiger partial charge is 0.327 e. The first-order valence-corrected chi connectivity index (χ1v) is 6.62. The van der Waals surface area contributed by atoms with Crippen molar-refractivity contribution in [3.63, 3.8) is 0 Å². The van der Waals surface area contributed by atoms with E-state index in [1.165, 1.54) is 64.2 Å². The Kier molecular flexibility index (Phi) is 3.86. The number of nitrogens with two attached hydrogens (primary N) is 1. The summed E-state index contributed by atoms with van der Waals surface area (Å²) in [6.45, 7) is 0. The van der Waals surface area contributed by atoms with E-state index >= 15 is 0 Å². The quantitative estimate of drug-likeness (QED) is 0.733. The predicted octanol–water partition coefficient (Wildman–Crippen LogP) is 3.47. The van der Waals surface area contributed by atoms with Gasteiger partial charge in [-0.05, 0) is 31.1 Å². The maximum Gasteiger partial charge on any atom is 0.00697 e. The zero-order valence-electron chi connectivity index (χ0n) is 9.38. The summed E-state index contributed by atoms with van der Waals surface area (Å²) in [5, 5.41) is 0. The Balaban J connectivity index is 1.72. The predicted molar refractivity (Wildman–Crippen MR) is 61.1 cm³/mol. The minimum Gasteiger partial charge on any atom is -0.327 e. The van der Waals surface area contributed by atoms with E-state index in [4.69, 9.17) is 5.73 Å². The van der Waals surface area contributed by atoms with Crippen LogP contribution in [0.4, 0.5) is 0 Å². The van der Waals surface area contributed by atoms with E-state index in [9.17, 15) is 0 Å². The smallest absolute Gasteiger partial charge is 0.00697 e. The highest BCUT2D eigenvalue weighted by molar-refractivity contribution is 4.81. The van der Waals surface area contributed by atoms with E-state index in [1.54, 1.807) is 0 Å². The Labute approximate surface area is 88.4 Å². The van der Waals surface area contributed by atoms with Crippen LogP contribution in [0.5, 0.6) is 0 Å². The summed E-state index contributed by atoms with van der Waals surface area (Å²) >= 11 is 0. The third-order valence-corrected chi connectivity index (χ3v) is 4.34. The van der Waals surface area contributed by atoms with Crippen LogP contribution in [0.25, 0.3) is 0 Å². The van der Waals surface area contributed by atoms with Crippen molar-refractivity contribution in [1.82, 2.24) is 0 Å². The molecule has 0 heterocycles. The Morgan fingerprint density at radius 3 is 2.07 bits per heavy atom. The Morgan fingerprint density at radius 2 is 1.43 bits per heavy atom. The summed E-state index contributed by atoms with van der Waals surface area (Å²) in [6, 6.07) is 0.528. The molecule has 1 atom stereocenters. The van der Waals surface area contributed by atoms with Gasteiger partial charge in [-0.15, -0.1) is 0 Å². The summed E-state index contributed by atoms with van der Waals surface area (Å²) < 4.78 is 0. The van der Waals surface area contributed by atoms with Crippen LogP contribution in [0.3, 0.4) is 0 Å². The van der Waals surface area contributed by atoms with Crippen molar-refractivity contribution in [2.75, 3.05) is 0 Å². The van der Waals surface area contributed by atoms with Gasteiger partial charge >= 0.3 is 0 Å². The fourth-order valence-electron chi connectivity index (χ4n) is 3.39. The van der Waals surface area contributed by atoms with Gasteiger partial charge in [0.2, 0.25) is 0 Å². The van der Waals surface area contributed by atoms with Gasteiger partial charge in [0.1, 0.15) is 0 Å². The van der Waals surface area contributed by atoms with Crippen molar-refractivity contribution in [3.05, 3.63) is 0 Å². The monoisotopic (exact) mass is 195 g/mol. The molecule has 0 saturated heterocycles. The Morgan fingerprint density at radius 1 is 0.857 bits per heavy atom. The molecule has 0 bridgehead atoms. The highest BCUT2D eigenvalue weighted by atomic mass is 14.7. The summed E-state index contributed by atoms with van der Waals surface area (Å²) in [5.41, 5.74) is 6.31. The standard InChI is InChI=1S/C13H25N/c14-13(12-8-4-5-9-12)10-11-6-2-1-3-7-11/h11-13H,1-10,14H2. The summed E-state index contributed by atoms with van der Waals surface area (Å²) in [4.78, 5) is 0. The Hall–Kier alpha value is -0.0400. The van der Waals surface area contributed by atoms with Crippen LogP contribution in [0.1, 0.15) is 64.2 Å². The molecule has 0 amide bonds. The molecule has 0 aromatic carbocycles. The average Bonchev–Trinajstić information content (AvgIpc) is 2.72. The lowest BCUT2D eigenvalue weighted by atomic mass is 9.82. The summed E-state index contributed by atoms with van der Waals surface area (Å²) in [7, 11) is 0. The molecule has 2 N–H and O–H groups in total.